The Morgan fingerprint density at radius 3 is 2.65 bits per heavy atom. The van der Waals surface area contributed by atoms with Crippen molar-refractivity contribution >= 4 is 21.6 Å². The fourth-order valence-corrected chi connectivity index (χ4v) is 2.36. The quantitative estimate of drug-likeness (QED) is 0.663. The van der Waals surface area contributed by atoms with Gasteiger partial charge in [0.1, 0.15) is 0 Å². The molecule has 1 heterocycles. The highest BCUT2D eigenvalue weighted by molar-refractivity contribution is 7.92. The van der Waals surface area contributed by atoms with E-state index in [2.05, 4.69) is 9.10 Å². The lowest BCUT2D eigenvalue weighted by Crippen LogP contribution is -2.39. The molecule has 0 aromatic carbocycles. The second-order valence-electron chi connectivity index (χ2n) is 4.32. The van der Waals surface area contributed by atoms with Crippen LogP contribution in [0.5, 0.6) is 0 Å². The zero-order chi connectivity index (χ0) is 13.1. The maximum absolute atomic E-state index is 11.8. The lowest BCUT2D eigenvalue weighted by atomic mass is 10.2. The molecule has 0 aliphatic carbocycles. The first-order valence-electron chi connectivity index (χ1n) is 5.35. The van der Waals surface area contributed by atoms with Crippen molar-refractivity contribution in [1.29, 1.82) is 0 Å². The van der Waals surface area contributed by atoms with Gasteiger partial charge in [-0.3, -0.25) is 14.5 Å². The van der Waals surface area contributed by atoms with Crippen molar-refractivity contribution in [1.82, 2.24) is 4.90 Å². The number of likely N-dealkylation sites (tertiary alicyclic amines) is 1. The van der Waals surface area contributed by atoms with Gasteiger partial charge in [-0.2, -0.15) is 4.36 Å². The van der Waals surface area contributed by atoms with Crippen LogP contribution in [0.3, 0.4) is 0 Å². The molecule has 0 N–H and O–H groups in total. The Morgan fingerprint density at radius 1 is 1.47 bits per heavy atom. The van der Waals surface area contributed by atoms with Crippen LogP contribution in [0, 0.1) is 0 Å². The molecule has 0 spiro atoms. The van der Waals surface area contributed by atoms with Gasteiger partial charge in [-0.15, -0.1) is 0 Å². The fourth-order valence-electron chi connectivity index (χ4n) is 1.80. The van der Waals surface area contributed by atoms with E-state index in [0.717, 1.165) is 6.42 Å². The largest absolute Gasteiger partial charge is 0.468 e. The summed E-state index contributed by atoms with van der Waals surface area (Å²) in [5, 5.41) is 0. The van der Waals surface area contributed by atoms with E-state index < -0.39 is 21.7 Å². The van der Waals surface area contributed by atoms with Gasteiger partial charge >= 0.3 is 5.97 Å². The van der Waals surface area contributed by atoms with Crippen LogP contribution in [-0.2, 0) is 24.1 Å². The van der Waals surface area contributed by atoms with Crippen molar-refractivity contribution < 1.29 is 18.5 Å². The van der Waals surface area contributed by atoms with E-state index in [1.807, 2.05) is 0 Å². The average Bonchev–Trinajstić information content (AvgIpc) is 2.63. The lowest BCUT2D eigenvalue weighted by Gasteiger charge is -2.20. The molecule has 98 valence electrons. The van der Waals surface area contributed by atoms with E-state index in [9.17, 15) is 13.8 Å². The molecule has 0 aromatic rings. The summed E-state index contributed by atoms with van der Waals surface area (Å²) in [6, 6.07) is -0.435. The topological polar surface area (TPSA) is 76.0 Å². The number of carbonyl (C=O) groups is 2. The molecule has 7 heteroatoms. The second kappa shape index (κ2) is 5.59. The number of hydrogen-bond donors (Lipinski definition) is 0. The molecule has 17 heavy (non-hydrogen) atoms. The molecule has 1 rings (SSSR count). The van der Waals surface area contributed by atoms with Gasteiger partial charge in [0.25, 0.3) is 5.91 Å². The summed E-state index contributed by atoms with van der Waals surface area (Å²) >= 11 is 0. The van der Waals surface area contributed by atoms with Crippen LogP contribution < -0.4 is 0 Å². The smallest absolute Gasteiger partial charge is 0.319 e. The summed E-state index contributed by atoms with van der Waals surface area (Å²) < 4.78 is 19.7. The van der Waals surface area contributed by atoms with Gasteiger partial charge in [0.2, 0.25) is 0 Å². The van der Waals surface area contributed by atoms with Crippen molar-refractivity contribution in [2.24, 2.45) is 4.36 Å². The standard InChI is InChI=1S/C10H18N2O4S/c1-16-9(13)7-12-6-4-5-8(12)10(14)11-17(2,3)15/h8H,4-7H2,1-3H3/t8-/m0/s1. The monoisotopic (exact) mass is 262 g/mol. The summed E-state index contributed by atoms with van der Waals surface area (Å²) in [5.41, 5.74) is 0. The molecule has 6 nitrogen and oxygen atoms in total. The van der Waals surface area contributed by atoms with Crippen LogP contribution in [-0.4, -0.2) is 59.7 Å². The molecule has 0 aromatic heterocycles. The SMILES string of the molecule is COC(=O)CN1CCC[C@H]1C(=O)N=S(C)(C)=O. The predicted octanol–water partition coefficient (Wildman–Crippen LogP) is -0.122. The number of hydrogen-bond acceptors (Lipinski definition) is 5. The Kier molecular flexibility index (Phi) is 4.64. The molecule has 1 aliphatic heterocycles. The van der Waals surface area contributed by atoms with E-state index in [0.29, 0.717) is 13.0 Å². The number of carbonyl (C=O) groups excluding carboxylic acids is 2. The number of rotatable bonds is 3. The normalized spacial score (nSPS) is 21.2. The van der Waals surface area contributed by atoms with Crippen LogP contribution in [0.4, 0.5) is 0 Å². The van der Waals surface area contributed by atoms with Crippen molar-refractivity contribution in [3.8, 4) is 0 Å². The summed E-state index contributed by atoms with van der Waals surface area (Å²) in [4.78, 5) is 24.7. The minimum absolute atomic E-state index is 0.0804. The Morgan fingerprint density at radius 2 is 2.12 bits per heavy atom. The third-order valence-corrected chi connectivity index (χ3v) is 3.14. The molecule has 0 unspecified atom stereocenters. The Hall–Kier alpha value is -0.950. The summed E-state index contributed by atoms with van der Waals surface area (Å²) in [7, 11) is -1.13. The second-order valence-corrected chi connectivity index (χ2v) is 6.86. The molecule has 1 amide bonds. The van der Waals surface area contributed by atoms with E-state index in [1.165, 1.54) is 19.6 Å². The first kappa shape index (κ1) is 14.1. The first-order valence-corrected chi connectivity index (χ1v) is 7.68. The molecule has 1 aliphatic rings. The van der Waals surface area contributed by atoms with Crippen molar-refractivity contribution in [2.45, 2.75) is 18.9 Å². The Labute approximate surface area is 101 Å². The van der Waals surface area contributed by atoms with Crippen molar-refractivity contribution in [3.05, 3.63) is 0 Å². The van der Waals surface area contributed by atoms with E-state index in [4.69, 9.17) is 0 Å². The third-order valence-electron chi connectivity index (χ3n) is 2.52. The molecule has 0 radical (unpaired) electrons. The molecule has 1 saturated heterocycles. The van der Waals surface area contributed by atoms with E-state index >= 15 is 0 Å². The summed E-state index contributed by atoms with van der Waals surface area (Å²) in [6.45, 7) is 0.743. The number of methoxy groups -OCH3 is 1. The van der Waals surface area contributed by atoms with Gasteiger partial charge in [0, 0.05) is 22.2 Å². The highest BCUT2D eigenvalue weighted by Crippen LogP contribution is 2.18. The van der Waals surface area contributed by atoms with Gasteiger partial charge in [-0.1, -0.05) is 0 Å². The number of nitrogens with zero attached hydrogens (tertiary/aromatic N) is 2. The molecule has 0 bridgehead atoms. The fraction of sp³-hybridized carbons (Fsp3) is 0.800. The van der Waals surface area contributed by atoms with Gasteiger partial charge in [0.05, 0.1) is 19.7 Å². The third kappa shape index (κ3) is 4.43. The molecular formula is C10H18N2O4S. The predicted molar refractivity (Wildman–Crippen MR) is 64.0 cm³/mol. The van der Waals surface area contributed by atoms with Crippen LogP contribution in [0.25, 0.3) is 0 Å². The molecular weight excluding hydrogens is 244 g/mol. The van der Waals surface area contributed by atoms with Crippen molar-refractivity contribution in [3.63, 3.8) is 0 Å². The van der Waals surface area contributed by atoms with Gasteiger partial charge < -0.3 is 4.74 Å². The maximum Gasteiger partial charge on any atom is 0.319 e. The number of esters is 1. The van der Waals surface area contributed by atoms with Crippen molar-refractivity contribution in [2.75, 3.05) is 32.7 Å². The van der Waals surface area contributed by atoms with E-state index in [-0.39, 0.29) is 12.5 Å². The van der Waals surface area contributed by atoms with E-state index in [1.54, 1.807) is 4.90 Å². The number of amides is 1. The highest BCUT2D eigenvalue weighted by Gasteiger charge is 2.32. The minimum Gasteiger partial charge on any atom is -0.468 e. The molecule has 1 fully saturated rings. The molecule has 0 saturated carbocycles. The average molecular weight is 262 g/mol. The summed E-state index contributed by atoms with van der Waals surface area (Å²) in [6.07, 6.45) is 4.32. The Bertz CT molecular complexity index is 418. The number of ether oxygens (including phenoxy) is 1. The van der Waals surface area contributed by atoms with Crippen LogP contribution in [0.15, 0.2) is 4.36 Å². The first-order chi connectivity index (χ1) is 7.83. The maximum atomic E-state index is 11.8. The van der Waals surface area contributed by atoms with Crippen LogP contribution in [0.2, 0.25) is 0 Å². The van der Waals surface area contributed by atoms with Gasteiger partial charge in [-0.05, 0) is 19.4 Å². The zero-order valence-electron chi connectivity index (χ0n) is 10.3. The summed E-state index contributed by atoms with van der Waals surface area (Å²) in [5.74, 6) is -0.778. The van der Waals surface area contributed by atoms with Gasteiger partial charge in [-0.25, -0.2) is 4.21 Å². The lowest BCUT2D eigenvalue weighted by molar-refractivity contribution is -0.142. The minimum atomic E-state index is -2.44. The zero-order valence-corrected chi connectivity index (χ0v) is 11.2. The van der Waals surface area contributed by atoms with Gasteiger partial charge in [0.15, 0.2) is 0 Å². The van der Waals surface area contributed by atoms with Crippen LogP contribution in [0.1, 0.15) is 12.8 Å². The van der Waals surface area contributed by atoms with Crippen LogP contribution >= 0.6 is 0 Å². The molecule has 1 atom stereocenters. The highest BCUT2D eigenvalue weighted by atomic mass is 32.2. The Balaban J connectivity index is 2.73.